The molecule has 12 heavy (non-hydrogen) atoms. The van der Waals surface area contributed by atoms with Crippen LogP contribution in [-0.2, 0) is 6.54 Å². The molecule has 2 N–H and O–H groups in total. The molecule has 0 aliphatic heterocycles. The van der Waals surface area contributed by atoms with Crippen molar-refractivity contribution >= 4 is 0 Å². The molecule has 0 spiro atoms. The lowest BCUT2D eigenvalue weighted by molar-refractivity contribution is 0.872. The summed E-state index contributed by atoms with van der Waals surface area (Å²) in [6.07, 6.45) is 4.41. The lowest BCUT2D eigenvalue weighted by Gasteiger charge is -2.03. The Labute approximate surface area is 72.0 Å². The molecule has 0 radical (unpaired) electrons. The van der Waals surface area contributed by atoms with Gasteiger partial charge < -0.3 is 5.73 Å². The van der Waals surface area contributed by atoms with Crippen molar-refractivity contribution < 1.29 is 0 Å². The smallest absolute Gasteiger partial charge is 0.0754 e. The van der Waals surface area contributed by atoms with Gasteiger partial charge in [-0.25, -0.2) is 0 Å². The molecule has 0 atom stereocenters. The summed E-state index contributed by atoms with van der Waals surface area (Å²) in [4.78, 5) is 8.73. The molecule has 0 amide bonds. The van der Waals surface area contributed by atoms with Gasteiger partial charge >= 0.3 is 0 Å². The Balaban J connectivity index is 2.33. The van der Waals surface area contributed by atoms with Gasteiger partial charge in [0.05, 0.1) is 17.1 Å². The standard InChI is InChI=1S/C9H13N3/c1-6-8(4-10)12-9(5-11-6)7-2-3-7/h5,7H,2-4,10H2,1H3. The average Bonchev–Trinajstić information content (AvgIpc) is 2.88. The van der Waals surface area contributed by atoms with Crippen LogP contribution in [0.1, 0.15) is 35.8 Å². The molecule has 1 aromatic rings. The van der Waals surface area contributed by atoms with Gasteiger partial charge in [0, 0.05) is 18.7 Å². The molecular weight excluding hydrogens is 150 g/mol. The number of hydrogen-bond acceptors (Lipinski definition) is 3. The highest BCUT2D eigenvalue weighted by atomic mass is 14.8. The first kappa shape index (κ1) is 7.68. The number of aryl methyl sites for hydroxylation is 1. The van der Waals surface area contributed by atoms with Crippen molar-refractivity contribution in [3.63, 3.8) is 0 Å². The summed E-state index contributed by atoms with van der Waals surface area (Å²) in [5, 5.41) is 0. The number of aromatic nitrogens is 2. The van der Waals surface area contributed by atoms with Gasteiger partial charge in [-0.1, -0.05) is 0 Å². The first-order chi connectivity index (χ1) is 5.81. The van der Waals surface area contributed by atoms with Crippen molar-refractivity contribution in [2.24, 2.45) is 5.73 Å². The normalized spacial score (nSPS) is 16.5. The van der Waals surface area contributed by atoms with E-state index >= 15 is 0 Å². The Morgan fingerprint density at radius 3 is 2.92 bits per heavy atom. The van der Waals surface area contributed by atoms with Crippen molar-refractivity contribution in [1.82, 2.24) is 9.97 Å². The maximum absolute atomic E-state index is 5.54. The summed E-state index contributed by atoms with van der Waals surface area (Å²) >= 11 is 0. The minimum absolute atomic E-state index is 0.499. The van der Waals surface area contributed by atoms with Gasteiger partial charge in [-0.2, -0.15) is 0 Å². The Morgan fingerprint density at radius 2 is 2.33 bits per heavy atom. The van der Waals surface area contributed by atoms with E-state index in [9.17, 15) is 0 Å². The van der Waals surface area contributed by atoms with E-state index in [0.717, 1.165) is 17.1 Å². The van der Waals surface area contributed by atoms with Gasteiger partial charge in [0.2, 0.25) is 0 Å². The van der Waals surface area contributed by atoms with Crippen LogP contribution in [0, 0.1) is 6.92 Å². The maximum atomic E-state index is 5.54. The highest BCUT2D eigenvalue weighted by Crippen LogP contribution is 2.38. The molecule has 0 bridgehead atoms. The molecule has 1 heterocycles. The van der Waals surface area contributed by atoms with Crippen LogP contribution in [0.5, 0.6) is 0 Å². The van der Waals surface area contributed by atoms with Gasteiger partial charge in [0.25, 0.3) is 0 Å². The van der Waals surface area contributed by atoms with Gasteiger partial charge in [-0.05, 0) is 19.8 Å². The monoisotopic (exact) mass is 163 g/mol. The van der Waals surface area contributed by atoms with E-state index in [1.807, 2.05) is 13.1 Å². The number of rotatable bonds is 2. The van der Waals surface area contributed by atoms with Crippen molar-refractivity contribution in [1.29, 1.82) is 0 Å². The average molecular weight is 163 g/mol. The van der Waals surface area contributed by atoms with Crippen LogP contribution >= 0.6 is 0 Å². The second-order valence-electron chi connectivity index (χ2n) is 3.31. The van der Waals surface area contributed by atoms with Crippen LogP contribution in [0.2, 0.25) is 0 Å². The molecule has 0 unspecified atom stereocenters. The van der Waals surface area contributed by atoms with Gasteiger partial charge in [0.1, 0.15) is 0 Å². The predicted octanol–water partition coefficient (Wildman–Crippen LogP) is 1.12. The molecule has 1 saturated carbocycles. The summed E-state index contributed by atoms with van der Waals surface area (Å²) < 4.78 is 0. The Kier molecular flexibility index (Phi) is 1.81. The van der Waals surface area contributed by atoms with Crippen LogP contribution in [0.15, 0.2) is 6.20 Å². The van der Waals surface area contributed by atoms with Crippen molar-refractivity contribution in [2.45, 2.75) is 32.2 Å². The van der Waals surface area contributed by atoms with Crippen LogP contribution in [0.25, 0.3) is 0 Å². The molecule has 1 aliphatic carbocycles. The van der Waals surface area contributed by atoms with Crippen molar-refractivity contribution in [2.75, 3.05) is 0 Å². The van der Waals surface area contributed by atoms with E-state index in [4.69, 9.17) is 5.73 Å². The molecule has 2 rings (SSSR count). The summed E-state index contributed by atoms with van der Waals surface area (Å²) in [7, 11) is 0. The van der Waals surface area contributed by atoms with Crippen molar-refractivity contribution in [3.8, 4) is 0 Å². The summed E-state index contributed by atoms with van der Waals surface area (Å²) in [6.45, 7) is 2.45. The van der Waals surface area contributed by atoms with E-state index in [-0.39, 0.29) is 0 Å². The van der Waals surface area contributed by atoms with Crippen LogP contribution in [0.4, 0.5) is 0 Å². The Hall–Kier alpha value is -0.960. The fraction of sp³-hybridized carbons (Fsp3) is 0.556. The summed E-state index contributed by atoms with van der Waals surface area (Å²) in [5.41, 5.74) is 8.57. The fourth-order valence-corrected chi connectivity index (χ4v) is 1.27. The second-order valence-corrected chi connectivity index (χ2v) is 3.31. The second kappa shape index (κ2) is 2.83. The van der Waals surface area contributed by atoms with Gasteiger partial charge in [0.15, 0.2) is 0 Å². The number of hydrogen-bond donors (Lipinski definition) is 1. The molecule has 0 aromatic carbocycles. The Bertz CT molecular complexity index is 292. The summed E-state index contributed by atoms with van der Waals surface area (Å²) in [6, 6.07) is 0. The first-order valence-electron chi connectivity index (χ1n) is 4.33. The molecule has 0 saturated heterocycles. The summed E-state index contributed by atoms with van der Waals surface area (Å²) in [5.74, 6) is 0.670. The lowest BCUT2D eigenvalue weighted by Crippen LogP contribution is -2.06. The molecule has 3 heteroatoms. The maximum Gasteiger partial charge on any atom is 0.0754 e. The predicted molar refractivity (Wildman–Crippen MR) is 46.6 cm³/mol. The third-order valence-electron chi connectivity index (χ3n) is 2.26. The minimum Gasteiger partial charge on any atom is -0.325 e. The molecule has 64 valence electrons. The largest absolute Gasteiger partial charge is 0.325 e. The lowest BCUT2D eigenvalue weighted by atomic mass is 10.2. The topological polar surface area (TPSA) is 51.8 Å². The minimum atomic E-state index is 0.499. The Morgan fingerprint density at radius 1 is 1.58 bits per heavy atom. The van der Waals surface area contributed by atoms with Gasteiger partial charge in [-0.15, -0.1) is 0 Å². The van der Waals surface area contributed by atoms with E-state index in [1.54, 1.807) is 0 Å². The van der Waals surface area contributed by atoms with Gasteiger partial charge in [-0.3, -0.25) is 9.97 Å². The number of nitrogens with zero attached hydrogens (tertiary/aromatic N) is 2. The molecule has 1 aromatic heterocycles. The van der Waals surface area contributed by atoms with Crippen LogP contribution in [0.3, 0.4) is 0 Å². The zero-order chi connectivity index (χ0) is 8.55. The van der Waals surface area contributed by atoms with E-state index in [0.29, 0.717) is 12.5 Å². The SMILES string of the molecule is Cc1ncc(C2CC2)nc1CN. The van der Waals surface area contributed by atoms with Crippen LogP contribution in [-0.4, -0.2) is 9.97 Å². The quantitative estimate of drug-likeness (QED) is 0.710. The van der Waals surface area contributed by atoms with E-state index in [2.05, 4.69) is 9.97 Å². The van der Waals surface area contributed by atoms with Crippen LogP contribution < -0.4 is 5.73 Å². The van der Waals surface area contributed by atoms with Crippen molar-refractivity contribution in [3.05, 3.63) is 23.3 Å². The molecule has 3 nitrogen and oxygen atoms in total. The zero-order valence-corrected chi connectivity index (χ0v) is 7.25. The zero-order valence-electron chi connectivity index (χ0n) is 7.25. The van der Waals surface area contributed by atoms with E-state index < -0.39 is 0 Å². The fourth-order valence-electron chi connectivity index (χ4n) is 1.27. The third kappa shape index (κ3) is 1.32. The molecule has 1 fully saturated rings. The highest BCUT2D eigenvalue weighted by Gasteiger charge is 2.25. The highest BCUT2D eigenvalue weighted by molar-refractivity contribution is 5.17. The molecular formula is C9H13N3. The number of nitrogens with two attached hydrogens (primary N) is 1. The molecule has 1 aliphatic rings. The third-order valence-corrected chi connectivity index (χ3v) is 2.26. The first-order valence-corrected chi connectivity index (χ1v) is 4.33. The van der Waals surface area contributed by atoms with E-state index in [1.165, 1.54) is 12.8 Å².